The first-order valence-electron chi connectivity index (χ1n) is 16.9. The lowest BCUT2D eigenvalue weighted by Gasteiger charge is -2.26. The maximum absolute atomic E-state index is 2.50. The van der Waals surface area contributed by atoms with Gasteiger partial charge in [0, 0.05) is 0 Å². The molecule has 2 atom stereocenters. The molecule has 1 aliphatic rings. The Morgan fingerprint density at radius 3 is 1.63 bits per heavy atom. The van der Waals surface area contributed by atoms with Crippen LogP contribution in [0.2, 0.25) is 0 Å². The summed E-state index contributed by atoms with van der Waals surface area (Å²) in [6.07, 6.45) is 12.5. The van der Waals surface area contributed by atoms with Crippen molar-refractivity contribution in [1.29, 1.82) is 0 Å². The summed E-state index contributed by atoms with van der Waals surface area (Å²) in [5.41, 5.74) is 4.63. The molecular weight excluding hydrogens is 535 g/mol. The Bertz CT molecular complexity index is 1330. The van der Waals surface area contributed by atoms with Gasteiger partial charge in [-0.1, -0.05) is 139 Å². The Morgan fingerprint density at radius 2 is 1.12 bits per heavy atom. The third-order valence-corrected chi connectivity index (χ3v) is 14.3. The normalized spacial score (nSPS) is 16.4. The van der Waals surface area contributed by atoms with Crippen LogP contribution in [0, 0.1) is 5.92 Å². The van der Waals surface area contributed by atoms with Gasteiger partial charge in [0.25, 0.3) is 0 Å². The van der Waals surface area contributed by atoms with Crippen molar-refractivity contribution < 1.29 is 0 Å². The highest BCUT2D eigenvalue weighted by atomic mass is 31.2. The number of hydrogen-bond acceptors (Lipinski definition) is 0. The molecule has 4 aromatic rings. The minimum atomic E-state index is -1.71. The second-order valence-electron chi connectivity index (χ2n) is 14.4. The van der Waals surface area contributed by atoms with Crippen molar-refractivity contribution in [3.8, 4) is 0 Å². The minimum Gasteiger partial charge on any atom is -0.0620 e. The maximum atomic E-state index is 2.50. The lowest BCUT2D eigenvalue weighted by atomic mass is 9.80. The first-order valence-corrected chi connectivity index (χ1v) is 19.2. The van der Waals surface area contributed by atoms with Gasteiger partial charge in [0.15, 0.2) is 0 Å². The van der Waals surface area contributed by atoms with Crippen molar-refractivity contribution in [3.05, 3.63) is 126 Å². The Kier molecular flexibility index (Phi) is 10.6. The minimum absolute atomic E-state index is 0.196. The Balaban J connectivity index is 1.42. The summed E-state index contributed by atoms with van der Waals surface area (Å²) in [4.78, 5) is 0. The molecule has 1 heteroatoms. The third-order valence-electron chi connectivity index (χ3n) is 10.3. The summed E-state index contributed by atoms with van der Waals surface area (Å²) in [5, 5.41) is 4.37. The molecule has 226 valence electrons. The van der Waals surface area contributed by atoms with Gasteiger partial charge in [-0.2, -0.15) is 0 Å². The van der Waals surface area contributed by atoms with Crippen LogP contribution < -0.4 is 15.9 Å². The Labute approximate surface area is 263 Å². The summed E-state index contributed by atoms with van der Waals surface area (Å²) < 4.78 is 0. The van der Waals surface area contributed by atoms with Crippen molar-refractivity contribution in [1.82, 2.24) is 0 Å². The molecule has 0 aliphatic heterocycles. The molecule has 4 aromatic carbocycles. The fourth-order valence-electron chi connectivity index (χ4n) is 7.33. The van der Waals surface area contributed by atoms with Gasteiger partial charge in [-0.3, -0.25) is 0 Å². The molecule has 1 unspecified atom stereocenters. The molecule has 0 N–H and O–H groups in total. The summed E-state index contributed by atoms with van der Waals surface area (Å²) in [5.74, 6) is 2.04. The van der Waals surface area contributed by atoms with Crippen LogP contribution in [0.4, 0.5) is 0 Å². The van der Waals surface area contributed by atoms with Crippen LogP contribution in [0.3, 0.4) is 0 Å². The standard InChI is InChI=1S/C42H54P/c1-33(35-24-28-38(29-25-35)42(2,3)4)32-37(23-22-34-16-10-6-7-11-17-34)36-26-30-41(31-27-36)43(5,39-18-12-8-13-19-39)40-20-14-9-15-21-40/h8-9,12-15,18-21,24-31,33-34,37H,6-7,10-11,16-17,22-23,32H2,1-5H3/q+1/t33-,37?/m0/s1. The fourth-order valence-corrected chi connectivity index (χ4v) is 10.5. The average molecular weight is 590 g/mol. The molecule has 1 saturated carbocycles. The number of rotatable bonds is 10. The van der Waals surface area contributed by atoms with Gasteiger partial charge in [0.1, 0.15) is 23.2 Å². The molecule has 0 amide bonds. The molecule has 0 heterocycles. The smallest absolute Gasteiger partial charge is 0.0620 e. The van der Waals surface area contributed by atoms with Crippen LogP contribution in [0.1, 0.15) is 114 Å². The Hall–Kier alpha value is -2.69. The molecule has 1 fully saturated rings. The van der Waals surface area contributed by atoms with Crippen molar-refractivity contribution in [2.24, 2.45) is 5.92 Å². The van der Waals surface area contributed by atoms with Gasteiger partial charge >= 0.3 is 0 Å². The molecule has 0 aromatic heterocycles. The number of benzene rings is 4. The van der Waals surface area contributed by atoms with E-state index in [1.54, 1.807) is 0 Å². The summed E-state index contributed by atoms with van der Waals surface area (Å²) in [7, 11) is -1.71. The van der Waals surface area contributed by atoms with E-state index in [4.69, 9.17) is 0 Å². The lowest BCUT2D eigenvalue weighted by Crippen LogP contribution is -2.30. The van der Waals surface area contributed by atoms with Crippen molar-refractivity contribution in [2.45, 2.75) is 103 Å². The van der Waals surface area contributed by atoms with E-state index in [-0.39, 0.29) is 5.41 Å². The zero-order chi connectivity index (χ0) is 30.3. The molecule has 0 bridgehead atoms. The molecular formula is C42H54P+. The van der Waals surface area contributed by atoms with E-state index in [2.05, 4.69) is 144 Å². The topological polar surface area (TPSA) is 0 Å². The van der Waals surface area contributed by atoms with E-state index in [1.165, 1.54) is 90.4 Å². The second kappa shape index (κ2) is 14.4. The Morgan fingerprint density at radius 1 is 0.628 bits per heavy atom. The maximum Gasteiger partial charge on any atom is 0.109 e. The molecule has 43 heavy (non-hydrogen) atoms. The third kappa shape index (κ3) is 7.88. The molecule has 0 saturated heterocycles. The molecule has 5 rings (SSSR count). The van der Waals surface area contributed by atoms with E-state index in [0.717, 1.165) is 5.92 Å². The van der Waals surface area contributed by atoms with Crippen molar-refractivity contribution in [2.75, 3.05) is 6.66 Å². The average Bonchev–Trinajstić information content (AvgIpc) is 3.32. The highest BCUT2D eigenvalue weighted by Gasteiger charge is 2.40. The van der Waals surface area contributed by atoms with Gasteiger partial charge in [0.05, 0.1) is 6.66 Å². The van der Waals surface area contributed by atoms with Crippen LogP contribution >= 0.6 is 7.26 Å². The van der Waals surface area contributed by atoms with Crippen LogP contribution in [0.25, 0.3) is 0 Å². The van der Waals surface area contributed by atoms with Gasteiger partial charge in [-0.25, -0.2) is 0 Å². The van der Waals surface area contributed by atoms with Gasteiger partial charge in [-0.05, 0) is 95.5 Å². The van der Waals surface area contributed by atoms with Crippen molar-refractivity contribution >= 4 is 23.2 Å². The van der Waals surface area contributed by atoms with E-state index in [1.807, 2.05) is 0 Å². The van der Waals surface area contributed by atoms with E-state index < -0.39 is 7.26 Å². The SMILES string of the molecule is C[C@@H](CC(CCC1CCCCCC1)c1ccc([P+](C)(c2ccccc2)c2ccccc2)cc1)c1ccc(C(C)(C)C)cc1. The van der Waals surface area contributed by atoms with Crippen molar-refractivity contribution in [3.63, 3.8) is 0 Å². The summed E-state index contributed by atoms with van der Waals surface area (Å²) >= 11 is 0. The van der Waals surface area contributed by atoms with Gasteiger partial charge in [-0.15, -0.1) is 0 Å². The van der Waals surface area contributed by atoms with E-state index in [9.17, 15) is 0 Å². The molecule has 1 aliphatic carbocycles. The van der Waals surface area contributed by atoms with Crippen LogP contribution in [0.5, 0.6) is 0 Å². The quantitative estimate of drug-likeness (QED) is 0.127. The zero-order valence-corrected chi connectivity index (χ0v) is 28.3. The monoisotopic (exact) mass is 589 g/mol. The van der Waals surface area contributed by atoms with Gasteiger partial charge in [0.2, 0.25) is 0 Å². The lowest BCUT2D eigenvalue weighted by molar-refractivity contribution is 0.383. The number of hydrogen-bond donors (Lipinski definition) is 0. The van der Waals surface area contributed by atoms with Crippen LogP contribution in [-0.2, 0) is 5.41 Å². The summed E-state index contributed by atoms with van der Waals surface area (Å²) in [6.45, 7) is 11.9. The molecule has 0 radical (unpaired) electrons. The van der Waals surface area contributed by atoms with Crippen LogP contribution in [0.15, 0.2) is 109 Å². The zero-order valence-electron chi connectivity index (χ0n) is 27.4. The predicted molar refractivity (Wildman–Crippen MR) is 192 cm³/mol. The first-order chi connectivity index (χ1) is 20.7. The molecule has 0 nitrogen and oxygen atoms in total. The van der Waals surface area contributed by atoms with E-state index in [0.29, 0.717) is 11.8 Å². The fraction of sp³-hybridized carbons (Fsp3) is 0.429. The highest BCUT2D eigenvalue weighted by Crippen LogP contribution is 2.51. The van der Waals surface area contributed by atoms with Gasteiger partial charge < -0.3 is 0 Å². The molecule has 0 spiro atoms. The largest absolute Gasteiger partial charge is 0.109 e. The van der Waals surface area contributed by atoms with E-state index >= 15 is 0 Å². The summed E-state index contributed by atoms with van der Waals surface area (Å²) in [6, 6.07) is 41.8. The first kappa shape index (κ1) is 31.7. The predicted octanol–water partition coefficient (Wildman–Crippen LogP) is 10.9. The highest BCUT2D eigenvalue weighted by molar-refractivity contribution is 7.95. The van der Waals surface area contributed by atoms with Crippen LogP contribution in [-0.4, -0.2) is 6.66 Å². The second-order valence-corrected chi connectivity index (χ2v) is 18.0.